The summed E-state index contributed by atoms with van der Waals surface area (Å²) >= 11 is 2.93. The molecule has 0 saturated heterocycles. The van der Waals surface area contributed by atoms with E-state index < -0.39 is 4.92 Å². The second-order valence-corrected chi connectivity index (χ2v) is 4.28. The van der Waals surface area contributed by atoms with Crippen LogP contribution in [0.5, 0.6) is 0 Å². The lowest BCUT2D eigenvalue weighted by Crippen LogP contribution is -2.06. The second-order valence-electron chi connectivity index (χ2n) is 3.50. The molecule has 0 aromatic heterocycles. The van der Waals surface area contributed by atoms with Crippen LogP contribution in [0.3, 0.4) is 0 Å². The van der Waals surface area contributed by atoms with Crippen LogP contribution in [-0.4, -0.2) is 9.62 Å². The van der Waals surface area contributed by atoms with Gasteiger partial charge in [-0.2, -0.15) is 0 Å². The highest BCUT2D eigenvalue weighted by Gasteiger charge is 2.19. The van der Waals surface area contributed by atoms with Gasteiger partial charge in [0.2, 0.25) is 4.69 Å². The zero-order valence-corrected chi connectivity index (χ0v) is 10.4. The van der Waals surface area contributed by atoms with Crippen LogP contribution in [0.15, 0.2) is 24.3 Å². The molecular weight excluding hydrogens is 274 g/mol. The van der Waals surface area contributed by atoms with E-state index in [4.69, 9.17) is 0 Å². The van der Waals surface area contributed by atoms with Crippen molar-refractivity contribution in [2.75, 3.05) is 0 Å². The van der Waals surface area contributed by atoms with E-state index in [1.807, 2.05) is 6.92 Å². The molecule has 1 aromatic rings. The Balaban J connectivity index is 3.04. The van der Waals surface area contributed by atoms with Gasteiger partial charge in [0, 0.05) is 12.1 Å². The van der Waals surface area contributed by atoms with Crippen molar-refractivity contribution in [3.05, 3.63) is 39.9 Å². The van der Waals surface area contributed by atoms with Gasteiger partial charge in [-0.3, -0.25) is 14.9 Å². The standard InChI is InChI=1S/C11H12BrNO3/c1-2-4-10(11(12)14)8-5-3-6-9(7-8)13(15)16/h3,5-7,10H,2,4H2,1H3. The van der Waals surface area contributed by atoms with E-state index in [1.54, 1.807) is 12.1 Å². The second kappa shape index (κ2) is 5.75. The highest BCUT2D eigenvalue weighted by Crippen LogP contribution is 2.27. The van der Waals surface area contributed by atoms with Crippen molar-refractivity contribution in [2.24, 2.45) is 0 Å². The maximum absolute atomic E-state index is 11.4. The lowest BCUT2D eigenvalue weighted by atomic mass is 9.96. The molecule has 0 N–H and O–H groups in total. The summed E-state index contributed by atoms with van der Waals surface area (Å²) in [6.07, 6.45) is 1.54. The van der Waals surface area contributed by atoms with E-state index >= 15 is 0 Å². The van der Waals surface area contributed by atoms with Gasteiger partial charge in [0.25, 0.3) is 5.69 Å². The summed E-state index contributed by atoms with van der Waals surface area (Å²) in [6.45, 7) is 1.97. The van der Waals surface area contributed by atoms with Gasteiger partial charge in [0.1, 0.15) is 0 Å². The van der Waals surface area contributed by atoms with E-state index in [1.165, 1.54) is 12.1 Å². The molecule has 0 bridgehead atoms. The molecule has 5 heteroatoms. The molecule has 0 aliphatic heterocycles. The van der Waals surface area contributed by atoms with Gasteiger partial charge >= 0.3 is 0 Å². The molecule has 0 radical (unpaired) electrons. The van der Waals surface area contributed by atoms with Gasteiger partial charge in [0.15, 0.2) is 0 Å². The van der Waals surface area contributed by atoms with Crippen molar-refractivity contribution in [1.29, 1.82) is 0 Å². The third-order valence-corrected chi connectivity index (χ3v) is 2.89. The fourth-order valence-corrected chi connectivity index (χ4v) is 2.05. The van der Waals surface area contributed by atoms with Crippen LogP contribution in [0.25, 0.3) is 0 Å². The molecule has 0 spiro atoms. The number of carbonyl (C=O) groups is 1. The summed E-state index contributed by atoms with van der Waals surface area (Å²) in [4.78, 5) is 21.5. The number of benzene rings is 1. The van der Waals surface area contributed by atoms with Crippen LogP contribution in [0.1, 0.15) is 31.2 Å². The Labute approximate surface area is 102 Å². The third-order valence-electron chi connectivity index (χ3n) is 2.33. The number of non-ortho nitro benzene ring substituents is 1. The fourth-order valence-electron chi connectivity index (χ4n) is 1.55. The van der Waals surface area contributed by atoms with Gasteiger partial charge in [-0.25, -0.2) is 0 Å². The average Bonchev–Trinajstić information content (AvgIpc) is 2.25. The Hall–Kier alpha value is -1.23. The number of hydrogen-bond donors (Lipinski definition) is 0. The first kappa shape index (κ1) is 12.8. The molecule has 0 heterocycles. The Morgan fingerprint density at radius 2 is 2.25 bits per heavy atom. The van der Waals surface area contributed by atoms with Gasteiger partial charge in [0.05, 0.1) is 10.8 Å². The average molecular weight is 286 g/mol. The number of rotatable bonds is 5. The molecule has 0 aliphatic carbocycles. The Morgan fingerprint density at radius 3 is 2.75 bits per heavy atom. The lowest BCUT2D eigenvalue weighted by Gasteiger charge is -2.11. The molecule has 0 saturated carbocycles. The number of nitrogens with zero attached hydrogens (tertiary/aromatic N) is 1. The first-order valence-electron chi connectivity index (χ1n) is 5.00. The normalized spacial score (nSPS) is 12.1. The molecule has 1 rings (SSSR count). The van der Waals surface area contributed by atoms with Crippen LogP contribution < -0.4 is 0 Å². The summed E-state index contributed by atoms with van der Waals surface area (Å²) < 4.78 is -0.130. The van der Waals surface area contributed by atoms with Gasteiger partial charge in [-0.15, -0.1) is 0 Å². The van der Waals surface area contributed by atoms with Crippen molar-refractivity contribution in [3.8, 4) is 0 Å². The van der Waals surface area contributed by atoms with Crippen LogP contribution in [-0.2, 0) is 4.79 Å². The van der Waals surface area contributed by atoms with Crippen LogP contribution in [0.4, 0.5) is 5.69 Å². The summed E-state index contributed by atoms with van der Waals surface area (Å²) in [5, 5.41) is 10.6. The summed E-state index contributed by atoms with van der Waals surface area (Å²) in [7, 11) is 0. The van der Waals surface area contributed by atoms with Crippen molar-refractivity contribution < 1.29 is 9.72 Å². The van der Waals surface area contributed by atoms with E-state index in [2.05, 4.69) is 15.9 Å². The van der Waals surface area contributed by atoms with Crippen molar-refractivity contribution in [3.63, 3.8) is 0 Å². The topological polar surface area (TPSA) is 60.2 Å². The van der Waals surface area contributed by atoms with Crippen molar-refractivity contribution >= 4 is 26.3 Å². The molecule has 86 valence electrons. The molecule has 0 aliphatic rings. The lowest BCUT2D eigenvalue weighted by molar-refractivity contribution is -0.384. The highest BCUT2D eigenvalue weighted by molar-refractivity contribution is 9.18. The van der Waals surface area contributed by atoms with Gasteiger partial charge in [-0.05, 0) is 27.9 Å². The van der Waals surface area contributed by atoms with E-state index in [9.17, 15) is 14.9 Å². The van der Waals surface area contributed by atoms with Gasteiger partial charge < -0.3 is 0 Å². The number of carbonyl (C=O) groups excluding carboxylic acids is 1. The minimum absolute atomic E-state index is 0.0207. The number of hydrogen-bond acceptors (Lipinski definition) is 3. The number of nitro groups is 1. The zero-order chi connectivity index (χ0) is 12.1. The molecular formula is C11H12BrNO3. The van der Waals surface area contributed by atoms with Gasteiger partial charge in [-0.1, -0.05) is 25.5 Å². The number of nitro benzene ring substituents is 1. The summed E-state index contributed by atoms with van der Waals surface area (Å²) in [5.74, 6) is -0.301. The number of halogens is 1. The Bertz CT molecular complexity index is 406. The third kappa shape index (κ3) is 3.13. The van der Waals surface area contributed by atoms with Crippen LogP contribution >= 0.6 is 15.9 Å². The SMILES string of the molecule is CCCC(C(=O)Br)c1cccc([N+](=O)[O-])c1. The van der Waals surface area contributed by atoms with Crippen LogP contribution in [0.2, 0.25) is 0 Å². The largest absolute Gasteiger partial charge is 0.286 e. The van der Waals surface area contributed by atoms with Crippen molar-refractivity contribution in [1.82, 2.24) is 0 Å². The molecule has 0 fully saturated rings. The molecule has 1 unspecified atom stereocenters. The predicted octanol–water partition coefficient (Wildman–Crippen LogP) is 3.40. The molecule has 1 aromatic carbocycles. The minimum atomic E-state index is -0.453. The van der Waals surface area contributed by atoms with Crippen molar-refractivity contribution in [2.45, 2.75) is 25.7 Å². The summed E-state index contributed by atoms with van der Waals surface area (Å²) in [6, 6.07) is 6.23. The predicted molar refractivity (Wildman–Crippen MR) is 64.7 cm³/mol. The maximum Gasteiger partial charge on any atom is 0.269 e. The minimum Gasteiger partial charge on any atom is -0.286 e. The molecule has 0 amide bonds. The zero-order valence-electron chi connectivity index (χ0n) is 8.85. The van der Waals surface area contributed by atoms with E-state index in [0.29, 0.717) is 12.0 Å². The molecule has 4 nitrogen and oxygen atoms in total. The smallest absolute Gasteiger partial charge is 0.269 e. The highest BCUT2D eigenvalue weighted by atomic mass is 79.9. The molecule has 1 atom stereocenters. The monoisotopic (exact) mass is 285 g/mol. The van der Waals surface area contributed by atoms with Crippen LogP contribution in [0, 0.1) is 10.1 Å². The maximum atomic E-state index is 11.4. The summed E-state index contributed by atoms with van der Waals surface area (Å²) in [5.41, 5.74) is 0.713. The quantitative estimate of drug-likeness (QED) is 0.473. The Morgan fingerprint density at radius 1 is 1.56 bits per heavy atom. The Kier molecular flexibility index (Phi) is 4.61. The first-order valence-corrected chi connectivity index (χ1v) is 5.79. The van der Waals surface area contributed by atoms with E-state index in [0.717, 1.165) is 6.42 Å². The molecule has 16 heavy (non-hydrogen) atoms. The first-order chi connectivity index (χ1) is 7.56. The van der Waals surface area contributed by atoms with E-state index in [-0.39, 0.29) is 16.3 Å². The fraction of sp³-hybridized carbons (Fsp3) is 0.364.